The van der Waals surface area contributed by atoms with E-state index in [0.717, 1.165) is 19.2 Å². The summed E-state index contributed by atoms with van der Waals surface area (Å²) in [6, 6.07) is 2.91. The van der Waals surface area contributed by atoms with Crippen LogP contribution < -0.4 is 5.32 Å². The number of carboxylic acids is 1. The molecule has 0 atom stereocenters. The number of likely N-dealkylation sites (tertiary alicyclic amines) is 1. The number of hydrogen-bond donors (Lipinski definition) is 2. The first kappa shape index (κ1) is 15.2. The zero-order chi connectivity index (χ0) is 15.9. The molecular weight excluding hydrogens is 334 g/mol. The number of carbonyl (C=O) groups excluding carboxylic acids is 1. The smallest absolute Gasteiger partial charge is 0.345 e. The van der Waals surface area contributed by atoms with E-state index in [1.165, 1.54) is 22.7 Å². The van der Waals surface area contributed by atoms with E-state index >= 15 is 0 Å². The molecule has 1 aliphatic heterocycles. The lowest BCUT2D eigenvalue weighted by Gasteiger charge is -2.16. The van der Waals surface area contributed by atoms with Crippen molar-refractivity contribution >= 4 is 44.1 Å². The van der Waals surface area contributed by atoms with Crippen LogP contribution in [0, 0.1) is 0 Å². The number of aromatic carboxylic acids is 1. The van der Waals surface area contributed by atoms with Crippen molar-refractivity contribution in [2.45, 2.75) is 18.9 Å². The summed E-state index contributed by atoms with van der Waals surface area (Å²) in [5, 5.41) is 11.5. The molecule has 3 rings (SSSR count). The predicted molar refractivity (Wildman–Crippen MR) is 80.0 cm³/mol. The van der Waals surface area contributed by atoms with E-state index in [0.29, 0.717) is 0 Å². The molecule has 5 nitrogen and oxygen atoms in total. The number of fused-ring (bicyclic) bond motifs is 1. The van der Waals surface area contributed by atoms with Crippen LogP contribution in [0.4, 0.5) is 13.6 Å². The van der Waals surface area contributed by atoms with Crippen molar-refractivity contribution in [1.29, 1.82) is 0 Å². The molecule has 0 aliphatic carbocycles. The number of nitrogens with one attached hydrogen (secondary N) is 1. The Kier molecular flexibility index (Phi) is 3.77. The molecule has 0 radical (unpaired) electrons. The molecule has 2 amide bonds. The van der Waals surface area contributed by atoms with Gasteiger partial charge in [0, 0.05) is 27.2 Å². The Morgan fingerprint density at radius 1 is 1.32 bits per heavy atom. The van der Waals surface area contributed by atoms with Crippen molar-refractivity contribution in [3.63, 3.8) is 0 Å². The summed E-state index contributed by atoms with van der Waals surface area (Å²) >= 11 is 2.56. The van der Waals surface area contributed by atoms with E-state index in [4.69, 9.17) is 5.11 Å². The Morgan fingerprint density at radius 3 is 2.64 bits per heavy atom. The van der Waals surface area contributed by atoms with Crippen molar-refractivity contribution in [3.8, 4) is 0 Å². The molecule has 1 fully saturated rings. The van der Waals surface area contributed by atoms with Gasteiger partial charge in [0.2, 0.25) is 0 Å². The van der Waals surface area contributed by atoms with Gasteiger partial charge in [0.1, 0.15) is 4.88 Å². The molecule has 0 saturated carbocycles. The minimum Gasteiger partial charge on any atom is -0.477 e. The lowest BCUT2D eigenvalue weighted by atomic mass is 10.3. The van der Waals surface area contributed by atoms with Crippen molar-refractivity contribution < 1.29 is 23.5 Å². The van der Waals surface area contributed by atoms with E-state index < -0.39 is 24.5 Å². The van der Waals surface area contributed by atoms with Crippen molar-refractivity contribution in [1.82, 2.24) is 10.2 Å². The summed E-state index contributed by atoms with van der Waals surface area (Å²) in [7, 11) is 0. The second-order valence-corrected chi connectivity index (χ2v) is 7.30. The van der Waals surface area contributed by atoms with Gasteiger partial charge in [0.05, 0.1) is 13.1 Å². The highest BCUT2D eigenvalue weighted by molar-refractivity contribution is 7.28. The summed E-state index contributed by atoms with van der Waals surface area (Å²) in [6.07, 6.45) is -0.298. The third-order valence-corrected chi connectivity index (χ3v) is 5.62. The minimum absolute atomic E-state index is 0.0559. The van der Waals surface area contributed by atoms with Gasteiger partial charge in [-0.3, -0.25) is 0 Å². The van der Waals surface area contributed by atoms with Gasteiger partial charge in [-0.25, -0.2) is 18.4 Å². The fourth-order valence-corrected chi connectivity index (χ4v) is 4.46. The molecule has 9 heteroatoms. The second kappa shape index (κ2) is 5.47. The highest BCUT2D eigenvalue weighted by atomic mass is 32.1. The lowest BCUT2D eigenvalue weighted by molar-refractivity contribution is 0.0153. The van der Waals surface area contributed by atoms with Crippen LogP contribution in [0.5, 0.6) is 0 Å². The topological polar surface area (TPSA) is 69.6 Å². The van der Waals surface area contributed by atoms with E-state index in [-0.39, 0.29) is 24.4 Å². The summed E-state index contributed by atoms with van der Waals surface area (Å²) in [4.78, 5) is 24.9. The largest absolute Gasteiger partial charge is 0.477 e. The van der Waals surface area contributed by atoms with Crippen molar-refractivity contribution in [3.05, 3.63) is 21.9 Å². The molecule has 118 valence electrons. The SMILES string of the molecule is O=C(O)c1cc2sc(CNC(=O)N3CCC(F)(F)C3)cc2s1. The predicted octanol–water partition coefficient (Wildman–Crippen LogP) is 3.21. The number of amides is 2. The first-order valence-electron chi connectivity index (χ1n) is 6.50. The second-order valence-electron chi connectivity index (χ2n) is 5.04. The molecular formula is C13H12F2N2O3S2. The summed E-state index contributed by atoms with van der Waals surface area (Å²) < 4.78 is 27.8. The van der Waals surface area contributed by atoms with Gasteiger partial charge in [-0.05, 0) is 12.1 Å². The normalized spacial score (nSPS) is 17.1. The van der Waals surface area contributed by atoms with Crippen LogP contribution in [0.15, 0.2) is 12.1 Å². The van der Waals surface area contributed by atoms with Gasteiger partial charge in [-0.15, -0.1) is 22.7 Å². The molecule has 0 unspecified atom stereocenters. The molecule has 2 aromatic heterocycles. The Balaban J connectivity index is 1.60. The maximum atomic E-state index is 13.1. The average molecular weight is 346 g/mol. The first-order valence-corrected chi connectivity index (χ1v) is 8.13. The van der Waals surface area contributed by atoms with Gasteiger partial charge >= 0.3 is 12.0 Å². The Morgan fingerprint density at radius 2 is 2.05 bits per heavy atom. The molecule has 22 heavy (non-hydrogen) atoms. The van der Waals surface area contributed by atoms with Crippen molar-refractivity contribution in [2.24, 2.45) is 0 Å². The highest BCUT2D eigenvalue weighted by Gasteiger charge is 2.40. The third-order valence-electron chi connectivity index (χ3n) is 3.34. The molecule has 3 heterocycles. The van der Waals surface area contributed by atoms with Crippen LogP contribution in [0.2, 0.25) is 0 Å². The van der Waals surface area contributed by atoms with Crippen LogP contribution in [-0.4, -0.2) is 41.0 Å². The van der Waals surface area contributed by atoms with E-state index in [1.807, 2.05) is 6.07 Å². The number of halogens is 2. The summed E-state index contributed by atoms with van der Waals surface area (Å²) in [6.45, 7) is -0.240. The Labute approximate surface area is 132 Å². The monoisotopic (exact) mass is 346 g/mol. The first-order chi connectivity index (χ1) is 10.3. The average Bonchev–Trinajstić information content (AvgIpc) is 3.07. The van der Waals surface area contributed by atoms with E-state index in [2.05, 4.69) is 5.32 Å². The lowest BCUT2D eigenvalue weighted by Crippen LogP contribution is -2.39. The molecule has 0 bridgehead atoms. The molecule has 2 N–H and O–H groups in total. The van der Waals surface area contributed by atoms with Gasteiger partial charge < -0.3 is 15.3 Å². The molecule has 1 saturated heterocycles. The number of hydrogen-bond acceptors (Lipinski definition) is 4. The van der Waals surface area contributed by atoms with Crippen LogP contribution in [0.3, 0.4) is 0 Å². The van der Waals surface area contributed by atoms with Gasteiger partial charge in [-0.2, -0.15) is 0 Å². The quantitative estimate of drug-likeness (QED) is 0.897. The number of nitrogens with zero attached hydrogens (tertiary/aromatic N) is 1. The van der Waals surface area contributed by atoms with E-state index in [9.17, 15) is 18.4 Å². The number of carbonyl (C=O) groups is 2. The Bertz CT molecular complexity index is 709. The number of alkyl halides is 2. The fraction of sp³-hybridized carbons (Fsp3) is 0.385. The van der Waals surface area contributed by atoms with E-state index in [1.54, 1.807) is 6.07 Å². The summed E-state index contributed by atoms with van der Waals surface area (Å²) in [5.41, 5.74) is 0. The molecule has 0 spiro atoms. The van der Waals surface area contributed by atoms with Crippen LogP contribution in [0.25, 0.3) is 9.40 Å². The van der Waals surface area contributed by atoms with Gasteiger partial charge in [0.15, 0.2) is 0 Å². The number of urea groups is 1. The number of thiophene rings is 2. The van der Waals surface area contributed by atoms with Gasteiger partial charge in [0.25, 0.3) is 5.92 Å². The van der Waals surface area contributed by atoms with Crippen LogP contribution >= 0.6 is 22.7 Å². The zero-order valence-corrected chi connectivity index (χ0v) is 12.9. The molecule has 1 aliphatic rings. The van der Waals surface area contributed by atoms with Crippen molar-refractivity contribution in [2.75, 3.05) is 13.1 Å². The minimum atomic E-state index is -2.80. The number of rotatable bonds is 3. The maximum absolute atomic E-state index is 13.1. The Hall–Kier alpha value is -1.74. The summed E-state index contributed by atoms with van der Waals surface area (Å²) in [5.74, 6) is -3.76. The highest BCUT2D eigenvalue weighted by Crippen LogP contribution is 2.33. The molecule has 0 aromatic carbocycles. The molecule has 2 aromatic rings. The number of carboxylic acid groups (broad SMARTS) is 1. The maximum Gasteiger partial charge on any atom is 0.345 e. The standard InChI is InChI=1S/C13H12F2N2O3S2/c14-13(15)1-2-17(6-13)12(20)16-5-7-3-8-9(21-7)4-10(22-8)11(18)19/h3-4H,1-2,5-6H2,(H,16,20)(H,18,19). The third kappa shape index (κ3) is 3.05. The van der Waals surface area contributed by atoms with Crippen LogP contribution in [-0.2, 0) is 6.54 Å². The van der Waals surface area contributed by atoms with Crippen LogP contribution in [0.1, 0.15) is 21.0 Å². The van der Waals surface area contributed by atoms with Gasteiger partial charge in [-0.1, -0.05) is 0 Å². The fourth-order valence-electron chi connectivity index (χ4n) is 2.26. The zero-order valence-electron chi connectivity index (χ0n) is 11.3.